The average molecular weight is 533 g/mol. The highest BCUT2D eigenvalue weighted by atomic mass is 16.6. The second-order valence-electron chi connectivity index (χ2n) is 16.3. The predicted octanol–water partition coefficient (Wildman–Crippen LogP) is 4.86. The quantitative estimate of drug-likeness (QED) is 0.449. The van der Waals surface area contributed by atoms with Crippen molar-refractivity contribution in [2.75, 3.05) is 0 Å². The molecule has 0 bridgehead atoms. The molecule has 0 aromatic heterocycles. The van der Waals surface area contributed by atoms with Gasteiger partial charge in [0.15, 0.2) is 6.10 Å². The highest BCUT2D eigenvalue weighted by Gasteiger charge is 2.84. The number of carbonyl (C=O) groups is 1. The molecular weight excluding hydrogens is 480 g/mol. The van der Waals surface area contributed by atoms with E-state index in [2.05, 4.69) is 34.6 Å². The molecule has 13 atom stereocenters. The van der Waals surface area contributed by atoms with E-state index in [9.17, 15) is 20.1 Å². The van der Waals surface area contributed by atoms with Crippen LogP contribution >= 0.6 is 0 Å². The van der Waals surface area contributed by atoms with Gasteiger partial charge in [-0.05, 0) is 111 Å². The maximum absolute atomic E-state index is 12.3. The molecular formula is C32H52O6. The maximum Gasteiger partial charge on any atom is 0.303 e. The number of aliphatic hydroxyl groups excluding tert-OH is 2. The molecule has 5 saturated carbocycles. The highest BCUT2D eigenvalue weighted by molar-refractivity contribution is 5.66. The van der Waals surface area contributed by atoms with Crippen molar-refractivity contribution in [3.8, 4) is 0 Å². The van der Waals surface area contributed by atoms with Crippen LogP contribution in [0.15, 0.2) is 0 Å². The van der Waals surface area contributed by atoms with Crippen LogP contribution in [0.3, 0.4) is 0 Å². The van der Waals surface area contributed by atoms with Gasteiger partial charge in [0.05, 0.1) is 30.0 Å². The molecule has 216 valence electrons. The van der Waals surface area contributed by atoms with Crippen molar-refractivity contribution in [1.82, 2.24) is 0 Å². The second-order valence-corrected chi connectivity index (χ2v) is 16.3. The molecule has 6 rings (SSSR count). The molecule has 5 aliphatic carbocycles. The van der Waals surface area contributed by atoms with Gasteiger partial charge in [-0.15, -0.1) is 0 Å². The van der Waals surface area contributed by atoms with E-state index in [0.717, 1.165) is 32.1 Å². The van der Waals surface area contributed by atoms with E-state index in [0.29, 0.717) is 23.7 Å². The third-order valence-electron chi connectivity index (χ3n) is 14.1. The molecule has 0 radical (unpaired) electrons. The summed E-state index contributed by atoms with van der Waals surface area (Å²) in [6.07, 6.45) is 6.19. The lowest BCUT2D eigenvalue weighted by molar-refractivity contribution is -0.216. The zero-order valence-corrected chi connectivity index (χ0v) is 24.9. The molecule has 0 aromatic rings. The van der Waals surface area contributed by atoms with E-state index >= 15 is 0 Å². The SMILES string of the molecule is CC(=O)O[C@@H]([C@@H]1C[C@@H](C)[C@H]2[C@H](O1)[C@H](O)[C@@]1(C)[C@@H]3CC[C@H]4C(C)(C)[C@@H](O)CC[C@@]45C[C@@]35CC[C@]21C)C(C)(C)O. The summed E-state index contributed by atoms with van der Waals surface area (Å²) in [6, 6.07) is 0. The molecule has 6 fully saturated rings. The lowest BCUT2D eigenvalue weighted by atomic mass is 9.41. The summed E-state index contributed by atoms with van der Waals surface area (Å²) in [5.74, 6) is 1.09. The minimum atomic E-state index is -1.24. The third-order valence-corrected chi connectivity index (χ3v) is 14.1. The number of hydrogen-bond acceptors (Lipinski definition) is 6. The van der Waals surface area contributed by atoms with Crippen LogP contribution in [0.5, 0.6) is 0 Å². The Balaban J connectivity index is 1.35. The van der Waals surface area contributed by atoms with Gasteiger partial charge < -0.3 is 24.8 Å². The first-order valence-corrected chi connectivity index (χ1v) is 15.4. The summed E-state index contributed by atoms with van der Waals surface area (Å²) >= 11 is 0. The molecule has 6 heteroatoms. The Morgan fingerprint density at radius 1 is 1.00 bits per heavy atom. The summed E-state index contributed by atoms with van der Waals surface area (Å²) in [4.78, 5) is 11.9. The van der Waals surface area contributed by atoms with E-state index in [1.54, 1.807) is 13.8 Å². The number of hydrogen-bond donors (Lipinski definition) is 3. The fourth-order valence-corrected chi connectivity index (χ4v) is 12.4. The Morgan fingerprint density at radius 2 is 1.63 bits per heavy atom. The molecule has 1 saturated heterocycles. The number of esters is 1. The number of fused-ring (bicyclic) bond motifs is 4. The van der Waals surface area contributed by atoms with Gasteiger partial charge in [0, 0.05) is 12.3 Å². The summed E-state index contributed by atoms with van der Waals surface area (Å²) < 4.78 is 12.4. The van der Waals surface area contributed by atoms with Gasteiger partial charge in [-0.1, -0.05) is 34.6 Å². The molecule has 38 heavy (non-hydrogen) atoms. The second kappa shape index (κ2) is 7.98. The lowest BCUT2D eigenvalue weighted by Gasteiger charge is -2.63. The molecule has 1 aliphatic heterocycles. The van der Waals surface area contributed by atoms with Crippen molar-refractivity contribution >= 4 is 5.97 Å². The van der Waals surface area contributed by atoms with Crippen molar-refractivity contribution in [3.63, 3.8) is 0 Å². The van der Waals surface area contributed by atoms with Crippen LogP contribution in [0.25, 0.3) is 0 Å². The number of carbonyl (C=O) groups excluding carboxylic acids is 1. The topological polar surface area (TPSA) is 96.2 Å². The zero-order chi connectivity index (χ0) is 27.8. The first-order chi connectivity index (χ1) is 17.5. The fraction of sp³-hybridized carbons (Fsp3) is 0.969. The van der Waals surface area contributed by atoms with Crippen molar-refractivity contribution in [2.45, 2.75) is 143 Å². The first kappa shape index (κ1) is 27.5. The van der Waals surface area contributed by atoms with Gasteiger partial charge in [-0.25, -0.2) is 0 Å². The summed E-state index contributed by atoms with van der Waals surface area (Å²) in [5.41, 5.74) is -1.01. The van der Waals surface area contributed by atoms with Gasteiger partial charge >= 0.3 is 5.97 Å². The summed E-state index contributed by atoms with van der Waals surface area (Å²) in [5, 5.41) is 34.2. The summed E-state index contributed by atoms with van der Waals surface area (Å²) in [7, 11) is 0. The Kier molecular flexibility index (Phi) is 5.77. The van der Waals surface area contributed by atoms with Crippen LogP contribution < -0.4 is 0 Å². The van der Waals surface area contributed by atoms with Crippen LogP contribution in [-0.4, -0.2) is 57.4 Å². The minimum Gasteiger partial charge on any atom is -0.457 e. The van der Waals surface area contributed by atoms with Crippen LogP contribution in [0.2, 0.25) is 0 Å². The Morgan fingerprint density at radius 3 is 2.26 bits per heavy atom. The Hall–Kier alpha value is -0.690. The molecule has 6 aliphatic rings. The van der Waals surface area contributed by atoms with E-state index in [1.165, 1.54) is 19.8 Å². The van der Waals surface area contributed by atoms with Crippen molar-refractivity contribution in [3.05, 3.63) is 0 Å². The monoisotopic (exact) mass is 532 g/mol. The lowest BCUT2D eigenvalue weighted by Crippen LogP contribution is -2.59. The number of aliphatic hydroxyl groups is 3. The van der Waals surface area contributed by atoms with Crippen LogP contribution in [0, 0.1) is 50.7 Å². The van der Waals surface area contributed by atoms with Crippen LogP contribution in [-0.2, 0) is 14.3 Å². The molecule has 0 unspecified atom stereocenters. The average Bonchev–Trinajstić information content (AvgIpc) is 3.44. The zero-order valence-electron chi connectivity index (χ0n) is 24.9. The maximum atomic E-state index is 12.3. The van der Waals surface area contributed by atoms with Crippen molar-refractivity contribution in [2.24, 2.45) is 50.7 Å². The largest absolute Gasteiger partial charge is 0.457 e. The van der Waals surface area contributed by atoms with Crippen LogP contribution in [0.4, 0.5) is 0 Å². The van der Waals surface area contributed by atoms with Crippen molar-refractivity contribution in [1.29, 1.82) is 0 Å². The predicted molar refractivity (Wildman–Crippen MR) is 144 cm³/mol. The molecule has 6 nitrogen and oxygen atoms in total. The Bertz CT molecular complexity index is 1000. The molecule has 0 aromatic carbocycles. The van der Waals surface area contributed by atoms with Gasteiger partial charge in [0.2, 0.25) is 0 Å². The molecule has 2 spiro atoms. The minimum absolute atomic E-state index is 0.0383. The summed E-state index contributed by atoms with van der Waals surface area (Å²) in [6.45, 7) is 16.4. The third kappa shape index (κ3) is 3.13. The first-order valence-electron chi connectivity index (χ1n) is 15.4. The van der Waals surface area contributed by atoms with Gasteiger partial charge in [0.1, 0.15) is 0 Å². The van der Waals surface area contributed by atoms with E-state index < -0.39 is 29.9 Å². The van der Waals surface area contributed by atoms with Gasteiger partial charge in [-0.2, -0.15) is 0 Å². The standard InChI is InChI=1S/C32H52O6/c1-17-15-19(26(28(5,6)36)37-18(2)33)38-24-23(17)29(7)13-14-32-16-31(32)12-11-22(34)27(3,4)20(31)9-10-21(32)30(29,8)25(24)35/h17,19-26,34-36H,9-16H2,1-8H3/t17-,19+,20+,21+,22+,23+,24+,25+,26+,29-,30-,31-,32+/m1/s1. The highest BCUT2D eigenvalue weighted by Crippen LogP contribution is 2.89. The Labute approximate surface area is 229 Å². The van der Waals surface area contributed by atoms with E-state index in [4.69, 9.17) is 9.47 Å². The van der Waals surface area contributed by atoms with E-state index in [1.807, 2.05) is 0 Å². The normalized spacial score (nSPS) is 55.4. The molecule has 3 N–H and O–H groups in total. The molecule has 1 heterocycles. The number of ether oxygens (including phenoxy) is 2. The van der Waals surface area contributed by atoms with Crippen LogP contribution in [0.1, 0.15) is 107 Å². The van der Waals surface area contributed by atoms with Gasteiger partial charge in [0.25, 0.3) is 0 Å². The van der Waals surface area contributed by atoms with Gasteiger partial charge in [-0.3, -0.25) is 4.79 Å². The smallest absolute Gasteiger partial charge is 0.303 e. The van der Waals surface area contributed by atoms with Crippen molar-refractivity contribution < 1.29 is 29.6 Å². The van der Waals surface area contributed by atoms with E-state index in [-0.39, 0.29) is 45.7 Å². The molecule has 0 amide bonds. The number of rotatable bonds is 3. The fourth-order valence-electron chi connectivity index (χ4n) is 12.4.